The van der Waals surface area contributed by atoms with Crippen LogP contribution in [0.5, 0.6) is 0 Å². The molecule has 0 heterocycles. The normalized spacial score (nSPS) is 12.0. The molecule has 0 spiro atoms. The average Bonchev–Trinajstić information content (AvgIpc) is 2.53. The van der Waals surface area contributed by atoms with Crippen molar-refractivity contribution in [3.05, 3.63) is 109 Å². The van der Waals surface area contributed by atoms with E-state index in [0.29, 0.717) is 5.76 Å². The number of halogens is 2. The summed E-state index contributed by atoms with van der Waals surface area (Å²) in [4.78, 5) is 0. The first-order valence-electron chi connectivity index (χ1n) is 6.68. The summed E-state index contributed by atoms with van der Waals surface area (Å²) in [5.74, 6) is -1.92. The molecule has 0 atom stereocenters. The Morgan fingerprint density at radius 1 is 0.739 bits per heavy atom. The SMILES string of the molecule is C=C(C)/C=C\C(=C)C(=C)/C(F)=C(/F)C(=C)C(=C)/C=C\C(=C)OC. The molecule has 122 valence electrons. The van der Waals surface area contributed by atoms with Crippen LogP contribution in [0.1, 0.15) is 6.92 Å². The molecular weight excluding hydrogens is 294 g/mol. The predicted octanol–water partition coefficient (Wildman–Crippen LogP) is 6.21. The van der Waals surface area contributed by atoms with Gasteiger partial charge in [0.2, 0.25) is 0 Å². The summed E-state index contributed by atoms with van der Waals surface area (Å²) in [7, 11) is 1.44. The minimum atomic E-state index is -1.14. The van der Waals surface area contributed by atoms with Crippen molar-refractivity contribution >= 4 is 0 Å². The molecule has 0 aromatic carbocycles. The van der Waals surface area contributed by atoms with E-state index in [-0.39, 0.29) is 22.3 Å². The van der Waals surface area contributed by atoms with Gasteiger partial charge in [-0.1, -0.05) is 63.3 Å². The summed E-state index contributed by atoms with van der Waals surface area (Å²) in [6.45, 7) is 23.3. The molecule has 1 nitrogen and oxygen atoms in total. The third-order valence-electron chi connectivity index (χ3n) is 2.80. The molecule has 0 saturated heterocycles. The summed E-state index contributed by atoms with van der Waals surface area (Å²) in [5.41, 5.74) is 0.818. The predicted molar refractivity (Wildman–Crippen MR) is 95.0 cm³/mol. The molecule has 0 saturated carbocycles. The first kappa shape index (κ1) is 20.3. The molecule has 0 fully saturated rings. The number of rotatable bonds is 9. The van der Waals surface area contributed by atoms with E-state index in [4.69, 9.17) is 4.74 Å². The minimum Gasteiger partial charge on any atom is -0.497 e. The molecule has 0 unspecified atom stereocenters. The monoisotopic (exact) mass is 316 g/mol. The van der Waals surface area contributed by atoms with Crippen LogP contribution >= 0.6 is 0 Å². The molecule has 0 bridgehead atoms. The highest BCUT2D eigenvalue weighted by molar-refractivity contribution is 5.55. The Hall–Kier alpha value is -2.68. The lowest BCUT2D eigenvalue weighted by Gasteiger charge is -2.08. The topological polar surface area (TPSA) is 9.23 Å². The van der Waals surface area contributed by atoms with Crippen molar-refractivity contribution in [1.82, 2.24) is 0 Å². The molecule has 23 heavy (non-hydrogen) atoms. The third kappa shape index (κ3) is 6.74. The van der Waals surface area contributed by atoms with Gasteiger partial charge in [0, 0.05) is 11.1 Å². The van der Waals surface area contributed by atoms with Gasteiger partial charge < -0.3 is 4.74 Å². The maximum absolute atomic E-state index is 14.2. The van der Waals surface area contributed by atoms with Crippen molar-refractivity contribution < 1.29 is 13.5 Å². The number of ether oxygens (including phenoxy) is 1. The lowest BCUT2D eigenvalue weighted by molar-refractivity contribution is 0.309. The van der Waals surface area contributed by atoms with Crippen LogP contribution in [0.3, 0.4) is 0 Å². The summed E-state index contributed by atoms with van der Waals surface area (Å²) >= 11 is 0. The fraction of sp³-hybridized carbons (Fsp3) is 0.100. The Labute approximate surface area is 137 Å². The molecule has 0 radical (unpaired) electrons. The second-order valence-electron chi connectivity index (χ2n) is 4.82. The fourth-order valence-electron chi connectivity index (χ4n) is 1.25. The van der Waals surface area contributed by atoms with Gasteiger partial charge in [0.05, 0.1) is 7.11 Å². The van der Waals surface area contributed by atoms with Crippen molar-refractivity contribution in [2.45, 2.75) is 6.92 Å². The Morgan fingerprint density at radius 2 is 1.13 bits per heavy atom. The second-order valence-corrected chi connectivity index (χ2v) is 4.82. The zero-order valence-electron chi connectivity index (χ0n) is 13.7. The molecule has 0 aliphatic carbocycles. The van der Waals surface area contributed by atoms with E-state index in [1.165, 1.54) is 25.3 Å². The van der Waals surface area contributed by atoms with Crippen LogP contribution < -0.4 is 0 Å². The van der Waals surface area contributed by atoms with Crippen molar-refractivity contribution in [3.63, 3.8) is 0 Å². The van der Waals surface area contributed by atoms with Gasteiger partial charge in [-0.05, 0) is 24.1 Å². The van der Waals surface area contributed by atoms with Crippen molar-refractivity contribution in [2.24, 2.45) is 0 Å². The number of methoxy groups -OCH3 is 1. The maximum atomic E-state index is 14.2. The van der Waals surface area contributed by atoms with E-state index in [1.54, 1.807) is 13.0 Å². The molecule has 0 rings (SSSR count). The van der Waals surface area contributed by atoms with Gasteiger partial charge >= 0.3 is 0 Å². The van der Waals surface area contributed by atoms with E-state index in [1.807, 2.05) is 0 Å². The molecule has 0 aromatic rings. The van der Waals surface area contributed by atoms with Crippen LogP contribution in [0.2, 0.25) is 0 Å². The van der Waals surface area contributed by atoms with E-state index in [9.17, 15) is 8.78 Å². The quantitative estimate of drug-likeness (QED) is 0.363. The van der Waals surface area contributed by atoms with Crippen LogP contribution in [0, 0.1) is 0 Å². The fourth-order valence-corrected chi connectivity index (χ4v) is 1.25. The van der Waals surface area contributed by atoms with Crippen LogP contribution in [-0.4, -0.2) is 7.11 Å². The maximum Gasteiger partial charge on any atom is 0.166 e. The van der Waals surface area contributed by atoms with Crippen LogP contribution in [0.4, 0.5) is 8.78 Å². The molecule has 0 aromatic heterocycles. The molecular formula is C20H22F2O. The summed E-state index contributed by atoms with van der Waals surface area (Å²) in [5, 5.41) is 0. The average molecular weight is 316 g/mol. The van der Waals surface area contributed by atoms with Gasteiger partial charge in [0.15, 0.2) is 11.7 Å². The highest BCUT2D eigenvalue weighted by Crippen LogP contribution is 2.29. The first-order valence-corrected chi connectivity index (χ1v) is 6.68. The smallest absolute Gasteiger partial charge is 0.166 e. The van der Waals surface area contributed by atoms with Crippen molar-refractivity contribution in [2.75, 3.05) is 7.11 Å². The lowest BCUT2D eigenvalue weighted by Crippen LogP contribution is -1.93. The highest BCUT2D eigenvalue weighted by atomic mass is 19.2. The molecule has 0 aliphatic heterocycles. The Bertz CT molecular complexity index is 655. The highest BCUT2D eigenvalue weighted by Gasteiger charge is 2.15. The van der Waals surface area contributed by atoms with E-state index >= 15 is 0 Å². The summed E-state index contributed by atoms with van der Waals surface area (Å²) in [6, 6.07) is 0. The van der Waals surface area contributed by atoms with Crippen LogP contribution in [0.15, 0.2) is 109 Å². The molecule has 0 amide bonds. The standard InChI is InChI=1S/C20H22F2O/c1-13(2)9-10-14(3)17(6)19(21)20(22)18(7)15(4)11-12-16(5)23-8/h9-12H,1,3-7H2,2,8H3/b10-9-,12-11-,20-19-. The van der Waals surface area contributed by atoms with Gasteiger partial charge in [-0.2, -0.15) is 0 Å². The Morgan fingerprint density at radius 3 is 1.48 bits per heavy atom. The molecule has 3 heteroatoms. The van der Waals surface area contributed by atoms with Crippen LogP contribution in [-0.2, 0) is 4.74 Å². The Balaban J connectivity index is 5.25. The minimum absolute atomic E-state index is 0.167. The van der Waals surface area contributed by atoms with Crippen molar-refractivity contribution in [1.29, 1.82) is 0 Å². The zero-order chi connectivity index (χ0) is 18.2. The first-order chi connectivity index (χ1) is 10.6. The number of allylic oxidation sites excluding steroid dienone is 11. The molecule has 0 aliphatic rings. The summed E-state index contributed by atoms with van der Waals surface area (Å²) < 4.78 is 33.2. The van der Waals surface area contributed by atoms with Gasteiger partial charge in [0.1, 0.15) is 5.76 Å². The van der Waals surface area contributed by atoms with E-state index < -0.39 is 11.7 Å². The van der Waals surface area contributed by atoms with Crippen molar-refractivity contribution in [3.8, 4) is 0 Å². The van der Waals surface area contributed by atoms with Gasteiger partial charge in [-0.15, -0.1) is 0 Å². The van der Waals surface area contributed by atoms with Gasteiger partial charge in [-0.3, -0.25) is 0 Å². The van der Waals surface area contributed by atoms with Crippen LogP contribution in [0.25, 0.3) is 0 Å². The molecule has 0 N–H and O–H groups in total. The zero-order valence-corrected chi connectivity index (χ0v) is 13.7. The van der Waals surface area contributed by atoms with E-state index in [2.05, 4.69) is 39.5 Å². The number of hydrogen-bond acceptors (Lipinski definition) is 1. The van der Waals surface area contributed by atoms with Gasteiger partial charge in [0.25, 0.3) is 0 Å². The van der Waals surface area contributed by atoms with Gasteiger partial charge in [-0.25, -0.2) is 8.78 Å². The lowest BCUT2D eigenvalue weighted by atomic mass is 10.0. The van der Waals surface area contributed by atoms with E-state index in [0.717, 1.165) is 5.57 Å². The number of hydrogen-bond donors (Lipinski definition) is 0. The largest absolute Gasteiger partial charge is 0.497 e. The second kappa shape index (κ2) is 9.36. The Kier molecular flexibility index (Phi) is 8.27. The third-order valence-corrected chi connectivity index (χ3v) is 2.80. The summed E-state index contributed by atoms with van der Waals surface area (Å²) in [6.07, 6.45) is 6.05.